The number of rotatable bonds is 7. The number of anilines is 1. The van der Waals surface area contributed by atoms with E-state index in [1.807, 2.05) is 38.4 Å². The molecule has 0 bridgehead atoms. The predicted molar refractivity (Wildman–Crippen MR) is 92.5 cm³/mol. The van der Waals surface area contributed by atoms with Crippen LogP contribution in [0.2, 0.25) is 0 Å². The van der Waals surface area contributed by atoms with Crippen LogP contribution in [0.15, 0.2) is 48.5 Å². The summed E-state index contributed by atoms with van der Waals surface area (Å²) >= 11 is 0. The van der Waals surface area contributed by atoms with Crippen LogP contribution < -0.4 is 15.8 Å². The minimum absolute atomic E-state index is 0.142. The van der Waals surface area contributed by atoms with Crippen LogP contribution in [-0.2, 0) is 6.54 Å². The van der Waals surface area contributed by atoms with Crippen molar-refractivity contribution in [1.29, 1.82) is 0 Å². The van der Waals surface area contributed by atoms with Crippen LogP contribution >= 0.6 is 0 Å². The lowest BCUT2D eigenvalue weighted by Gasteiger charge is -2.12. The Morgan fingerprint density at radius 3 is 2.70 bits per heavy atom. The van der Waals surface area contributed by atoms with Gasteiger partial charge in [-0.1, -0.05) is 18.2 Å². The lowest BCUT2D eigenvalue weighted by atomic mass is 10.1. The van der Waals surface area contributed by atoms with E-state index in [9.17, 15) is 4.79 Å². The van der Waals surface area contributed by atoms with E-state index in [2.05, 4.69) is 10.2 Å². The van der Waals surface area contributed by atoms with Crippen LogP contribution in [0, 0.1) is 0 Å². The molecule has 0 fully saturated rings. The lowest BCUT2D eigenvalue weighted by Crippen LogP contribution is -2.23. The summed E-state index contributed by atoms with van der Waals surface area (Å²) in [6.07, 6.45) is 0. The van der Waals surface area contributed by atoms with Crippen LogP contribution in [0.4, 0.5) is 5.69 Å². The van der Waals surface area contributed by atoms with E-state index in [0.717, 1.165) is 17.9 Å². The Morgan fingerprint density at radius 2 is 1.96 bits per heavy atom. The summed E-state index contributed by atoms with van der Waals surface area (Å²) in [6, 6.07) is 14.7. The molecule has 0 atom stereocenters. The summed E-state index contributed by atoms with van der Waals surface area (Å²) in [5.41, 5.74) is 7.82. The molecule has 122 valence electrons. The molecule has 2 aromatic rings. The average Bonchev–Trinajstić information content (AvgIpc) is 2.52. The summed E-state index contributed by atoms with van der Waals surface area (Å²) in [7, 11) is 4.01. The van der Waals surface area contributed by atoms with Crippen molar-refractivity contribution >= 4 is 11.6 Å². The first-order chi connectivity index (χ1) is 11.0. The summed E-state index contributed by atoms with van der Waals surface area (Å²) in [5, 5.41) is 2.89. The van der Waals surface area contributed by atoms with Gasteiger partial charge in [0, 0.05) is 24.3 Å². The summed E-state index contributed by atoms with van der Waals surface area (Å²) in [6.45, 7) is 1.93. The first-order valence-corrected chi connectivity index (χ1v) is 7.55. The van der Waals surface area contributed by atoms with Gasteiger partial charge in [-0.2, -0.15) is 0 Å². The van der Waals surface area contributed by atoms with Gasteiger partial charge >= 0.3 is 0 Å². The third kappa shape index (κ3) is 5.64. The Labute approximate surface area is 137 Å². The molecule has 0 saturated heterocycles. The molecule has 1 amide bonds. The molecule has 0 aliphatic heterocycles. The number of hydrogen-bond acceptors (Lipinski definition) is 4. The van der Waals surface area contributed by atoms with Gasteiger partial charge in [-0.3, -0.25) is 4.79 Å². The zero-order chi connectivity index (χ0) is 16.7. The van der Waals surface area contributed by atoms with Gasteiger partial charge < -0.3 is 20.7 Å². The first kappa shape index (κ1) is 16.8. The lowest BCUT2D eigenvalue weighted by molar-refractivity contribution is 0.0951. The van der Waals surface area contributed by atoms with Gasteiger partial charge in [0.2, 0.25) is 0 Å². The highest BCUT2D eigenvalue weighted by atomic mass is 16.5. The molecular weight excluding hydrogens is 290 g/mol. The molecule has 0 aliphatic rings. The maximum atomic E-state index is 12.1. The molecule has 5 nitrogen and oxygen atoms in total. The maximum Gasteiger partial charge on any atom is 0.251 e. The van der Waals surface area contributed by atoms with Crippen LogP contribution in [-0.4, -0.2) is 38.1 Å². The molecule has 2 rings (SSSR count). The summed E-state index contributed by atoms with van der Waals surface area (Å²) in [5.74, 6) is 0.666. The Hall–Kier alpha value is -2.53. The van der Waals surface area contributed by atoms with Gasteiger partial charge in [-0.05, 0) is 50.0 Å². The molecule has 0 aromatic heterocycles. The second kappa shape index (κ2) is 8.19. The minimum Gasteiger partial charge on any atom is -0.492 e. The zero-order valence-electron chi connectivity index (χ0n) is 13.6. The van der Waals surface area contributed by atoms with Crippen LogP contribution in [0.3, 0.4) is 0 Å². The van der Waals surface area contributed by atoms with E-state index in [-0.39, 0.29) is 5.91 Å². The Kier molecular flexibility index (Phi) is 6.00. The van der Waals surface area contributed by atoms with Gasteiger partial charge in [0.15, 0.2) is 0 Å². The third-order valence-electron chi connectivity index (χ3n) is 3.31. The number of nitrogens with zero attached hydrogens (tertiary/aromatic N) is 1. The van der Waals surface area contributed by atoms with E-state index in [0.29, 0.717) is 24.4 Å². The standard InChI is InChI=1S/C18H23N3O2/c1-21(2)9-10-23-17-8-3-5-14(11-17)13-20-18(22)15-6-4-7-16(19)12-15/h3-8,11-12H,9-10,13,19H2,1-2H3,(H,20,22). The largest absolute Gasteiger partial charge is 0.492 e. The number of nitrogens with two attached hydrogens (primary N) is 1. The molecule has 23 heavy (non-hydrogen) atoms. The van der Waals surface area contributed by atoms with Gasteiger partial charge in [-0.25, -0.2) is 0 Å². The quantitative estimate of drug-likeness (QED) is 0.769. The van der Waals surface area contributed by atoms with Crippen LogP contribution in [0.1, 0.15) is 15.9 Å². The van der Waals surface area contributed by atoms with Gasteiger partial charge in [0.25, 0.3) is 5.91 Å². The fourth-order valence-electron chi connectivity index (χ4n) is 2.06. The number of nitrogens with one attached hydrogen (secondary N) is 1. The number of nitrogen functional groups attached to an aromatic ring is 1. The van der Waals surface area contributed by atoms with Crippen LogP contribution in [0.5, 0.6) is 5.75 Å². The molecule has 3 N–H and O–H groups in total. The van der Waals surface area contributed by atoms with Crippen molar-refractivity contribution in [3.8, 4) is 5.75 Å². The molecular formula is C18H23N3O2. The monoisotopic (exact) mass is 313 g/mol. The zero-order valence-corrected chi connectivity index (χ0v) is 13.6. The van der Waals surface area contributed by atoms with Gasteiger partial charge in [0.05, 0.1) is 0 Å². The number of ether oxygens (including phenoxy) is 1. The third-order valence-corrected chi connectivity index (χ3v) is 3.31. The molecule has 0 spiro atoms. The van der Waals surface area contributed by atoms with Crippen molar-refractivity contribution < 1.29 is 9.53 Å². The van der Waals surface area contributed by atoms with E-state index >= 15 is 0 Å². The van der Waals surface area contributed by atoms with Gasteiger partial charge in [-0.15, -0.1) is 0 Å². The highest BCUT2D eigenvalue weighted by Gasteiger charge is 2.06. The summed E-state index contributed by atoms with van der Waals surface area (Å²) in [4.78, 5) is 14.2. The van der Waals surface area contributed by atoms with E-state index < -0.39 is 0 Å². The molecule has 5 heteroatoms. The highest BCUT2D eigenvalue weighted by Crippen LogP contribution is 2.13. The number of carbonyl (C=O) groups is 1. The van der Waals surface area contributed by atoms with E-state index in [1.54, 1.807) is 24.3 Å². The fraction of sp³-hybridized carbons (Fsp3) is 0.278. The number of likely N-dealkylation sites (N-methyl/N-ethyl adjacent to an activating group) is 1. The van der Waals surface area contributed by atoms with E-state index in [4.69, 9.17) is 10.5 Å². The van der Waals surface area contributed by atoms with Crippen molar-refractivity contribution in [3.05, 3.63) is 59.7 Å². The number of amides is 1. The number of carbonyl (C=O) groups excluding carboxylic acids is 1. The van der Waals surface area contributed by atoms with Crippen molar-refractivity contribution in [1.82, 2.24) is 10.2 Å². The highest BCUT2D eigenvalue weighted by molar-refractivity contribution is 5.94. The van der Waals surface area contributed by atoms with Crippen molar-refractivity contribution in [2.24, 2.45) is 0 Å². The number of hydrogen-bond donors (Lipinski definition) is 2. The van der Waals surface area contributed by atoms with Gasteiger partial charge in [0.1, 0.15) is 12.4 Å². The maximum absolute atomic E-state index is 12.1. The normalized spacial score (nSPS) is 10.6. The van der Waals surface area contributed by atoms with Crippen molar-refractivity contribution in [2.45, 2.75) is 6.54 Å². The number of benzene rings is 2. The topological polar surface area (TPSA) is 67.6 Å². The molecule has 0 heterocycles. The first-order valence-electron chi connectivity index (χ1n) is 7.55. The Morgan fingerprint density at radius 1 is 1.17 bits per heavy atom. The second-order valence-corrected chi connectivity index (χ2v) is 5.61. The predicted octanol–water partition coefficient (Wildman–Crippen LogP) is 2.14. The molecule has 0 saturated carbocycles. The molecule has 2 aromatic carbocycles. The van der Waals surface area contributed by atoms with Crippen molar-refractivity contribution in [2.75, 3.05) is 33.0 Å². The Bertz CT molecular complexity index is 656. The van der Waals surface area contributed by atoms with Crippen LogP contribution in [0.25, 0.3) is 0 Å². The van der Waals surface area contributed by atoms with E-state index in [1.165, 1.54) is 0 Å². The molecule has 0 unspecified atom stereocenters. The molecule has 0 radical (unpaired) electrons. The second-order valence-electron chi connectivity index (χ2n) is 5.61. The molecule has 0 aliphatic carbocycles. The van der Waals surface area contributed by atoms with Crippen molar-refractivity contribution in [3.63, 3.8) is 0 Å². The average molecular weight is 313 g/mol. The SMILES string of the molecule is CN(C)CCOc1cccc(CNC(=O)c2cccc(N)c2)c1. The fourth-order valence-corrected chi connectivity index (χ4v) is 2.06. The summed E-state index contributed by atoms with van der Waals surface area (Å²) < 4.78 is 5.69. The Balaban J connectivity index is 1.89. The minimum atomic E-state index is -0.142. The smallest absolute Gasteiger partial charge is 0.251 e.